The molecule has 1 aliphatic carbocycles. The zero-order valence-electron chi connectivity index (χ0n) is 11.5. The van der Waals surface area contributed by atoms with Crippen molar-refractivity contribution < 1.29 is 18.7 Å². The van der Waals surface area contributed by atoms with Gasteiger partial charge in [0.1, 0.15) is 11.3 Å². The van der Waals surface area contributed by atoms with E-state index in [2.05, 4.69) is 4.98 Å². The van der Waals surface area contributed by atoms with Crippen LogP contribution >= 0.6 is 11.6 Å². The zero-order valence-corrected chi connectivity index (χ0v) is 12.2. The average molecular weight is 312 g/mol. The largest absolute Gasteiger partial charge is 0.481 e. The van der Waals surface area contributed by atoms with Gasteiger partial charge in [0.25, 0.3) is 0 Å². The van der Waals surface area contributed by atoms with Crippen LogP contribution in [0, 0.1) is 17.7 Å². The van der Waals surface area contributed by atoms with Gasteiger partial charge in [0.15, 0.2) is 11.5 Å². The van der Waals surface area contributed by atoms with Gasteiger partial charge in [-0.15, -0.1) is 0 Å². The van der Waals surface area contributed by atoms with Crippen LogP contribution in [0.1, 0.15) is 38.0 Å². The lowest BCUT2D eigenvalue weighted by Gasteiger charge is -2.10. The van der Waals surface area contributed by atoms with Crippen molar-refractivity contribution in [1.29, 1.82) is 0 Å². The van der Waals surface area contributed by atoms with Crippen LogP contribution in [0.3, 0.4) is 0 Å². The maximum absolute atomic E-state index is 13.3. The van der Waals surface area contributed by atoms with Crippen molar-refractivity contribution >= 4 is 28.7 Å². The molecular weight excluding hydrogens is 297 g/mol. The first kappa shape index (κ1) is 14.3. The maximum atomic E-state index is 13.3. The SMILES string of the molecule is CCC1CC(C(=O)O)C(c2nc3cc(F)cc(Cl)c3o2)C1. The third-order valence-corrected chi connectivity index (χ3v) is 4.58. The number of benzene rings is 1. The number of halogens is 2. The normalized spacial score (nSPS) is 25.6. The minimum absolute atomic E-state index is 0.153. The number of hydrogen-bond donors (Lipinski definition) is 1. The highest BCUT2D eigenvalue weighted by Gasteiger charge is 2.41. The van der Waals surface area contributed by atoms with E-state index in [0.717, 1.165) is 18.9 Å². The summed E-state index contributed by atoms with van der Waals surface area (Å²) in [6, 6.07) is 2.41. The summed E-state index contributed by atoms with van der Waals surface area (Å²) >= 11 is 5.95. The summed E-state index contributed by atoms with van der Waals surface area (Å²) in [7, 11) is 0. The molecule has 0 aliphatic heterocycles. The fourth-order valence-corrected chi connectivity index (χ4v) is 3.40. The van der Waals surface area contributed by atoms with Crippen LogP contribution < -0.4 is 0 Å². The van der Waals surface area contributed by atoms with E-state index in [4.69, 9.17) is 16.0 Å². The Balaban J connectivity index is 2.02. The molecular formula is C15H15ClFNO3. The van der Waals surface area contributed by atoms with Crippen LogP contribution in [0.25, 0.3) is 11.1 Å². The smallest absolute Gasteiger partial charge is 0.307 e. The Kier molecular flexibility index (Phi) is 3.61. The molecule has 1 N–H and O–H groups in total. The molecule has 3 rings (SSSR count). The van der Waals surface area contributed by atoms with Crippen LogP contribution in [-0.4, -0.2) is 16.1 Å². The fourth-order valence-electron chi connectivity index (χ4n) is 3.16. The summed E-state index contributed by atoms with van der Waals surface area (Å²) in [5.41, 5.74) is 0.649. The minimum Gasteiger partial charge on any atom is -0.481 e. The lowest BCUT2D eigenvalue weighted by Crippen LogP contribution is -2.17. The molecule has 0 bridgehead atoms. The van der Waals surface area contributed by atoms with E-state index < -0.39 is 17.7 Å². The van der Waals surface area contributed by atoms with Gasteiger partial charge in [0.05, 0.1) is 10.9 Å². The average Bonchev–Trinajstić information content (AvgIpc) is 3.01. The Bertz CT molecular complexity index is 700. The molecule has 6 heteroatoms. The van der Waals surface area contributed by atoms with Crippen LogP contribution in [0.2, 0.25) is 5.02 Å². The second kappa shape index (κ2) is 5.30. The fraction of sp³-hybridized carbons (Fsp3) is 0.467. The molecule has 1 aliphatic rings. The minimum atomic E-state index is -0.838. The number of carbonyl (C=O) groups is 1. The summed E-state index contributed by atoms with van der Waals surface area (Å²) in [4.78, 5) is 15.7. The second-order valence-electron chi connectivity index (χ2n) is 5.58. The molecule has 3 atom stereocenters. The van der Waals surface area contributed by atoms with Crippen molar-refractivity contribution in [3.8, 4) is 0 Å². The Hall–Kier alpha value is -1.62. The van der Waals surface area contributed by atoms with E-state index in [1.54, 1.807) is 0 Å². The number of oxazole rings is 1. The van der Waals surface area contributed by atoms with Crippen LogP contribution in [0.15, 0.2) is 16.5 Å². The molecule has 1 aromatic carbocycles. The molecule has 112 valence electrons. The van der Waals surface area contributed by atoms with Crippen molar-refractivity contribution in [2.24, 2.45) is 11.8 Å². The second-order valence-corrected chi connectivity index (χ2v) is 5.99. The molecule has 1 saturated carbocycles. The van der Waals surface area contributed by atoms with Crippen molar-refractivity contribution in [3.05, 3.63) is 28.9 Å². The van der Waals surface area contributed by atoms with Gasteiger partial charge >= 0.3 is 5.97 Å². The molecule has 0 amide bonds. The van der Waals surface area contributed by atoms with Gasteiger partial charge in [0.2, 0.25) is 0 Å². The molecule has 4 nitrogen and oxygen atoms in total. The number of fused-ring (bicyclic) bond motifs is 1. The third kappa shape index (κ3) is 2.50. The zero-order chi connectivity index (χ0) is 15.1. The molecule has 1 fully saturated rings. The number of carboxylic acids is 1. The van der Waals surface area contributed by atoms with E-state index in [1.807, 2.05) is 6.92 Å². The van der Waals surface area contributed by atoms with Crippen molar-refractivity contribution in [2.45, 2.75) is 32.1 Å². The Morgan fingerprint density at radius 2 is 2.29 bits per heavy atom. The van der Waals surface area contributed by atoms with E-state index in [0.29, 0.717) is 29.3 Å². The highest BCUT2D eigenvalue weighted by Crippen LogP contribution is 2.45. The number of hydrogen-bond acceptors (Lipinski definition) is 3. The summed E-state index contributed by atoms with van der Waals surface area (Å²) in [6.07, 6.45) is 2.27. The standard InChI is InChI=1S/C15H15ClFNO3/c1-2-7-3-9(10(4-7)15(19)20)14-18-12-6-8(17)5-11(16)13(12)21-14/h5-7,9-10H,2-4H2,1H3,(H,19,20). The van der Waals surface area contributed by atoms with Gasteiger partial charge < -0.3 is 9.52 Å². The van der Waals surface area contributed by atoms with Crippen LogP contribution in [0.4, 0.5) is 4.39 Å². The topological polar surface area (TPSA) is 63.3 Å². The first-order valence-corrected chi connectivity index (χ1v) is 7.35. The summed E-state index contributed by atoms with van der Waals surface area (Å²) in [5, 5.41) is 9.53. The number of carboxylic acid groups (broad SMARTS) is 1. The lowest BCUT2D eigenvalue weighted by molar-refractivity contribution is -0.142. The monoisotopic (exact) mass is 311 g/mol. The van der Waals surface area contributed by atoms with Crippen molar-refractivity contribution in [2.75, 3.05) is 0 Å². The molecule has 2 aromatic rings. The van der Waals surface area contributed by atoms with Crippen molar-refractivity contribution in [1.82, 2.24) is 4.98 Å². The van der Waals surface area contributed by atoms with Gasteiger partial charge in [-0.05, 0) is 24.8 Å². The van der Waals surface area contributed by atoms with E-state index in [-0.39, 0.29) is 10.9 Å². The van der Waals surface area contributed by atoms with Crippen LogP contribution in [-0.2, 0) is 4.79 Å². The maximum Gasteiger partial charge on any atom is 0.307 e. The molecule has 0 saturated heterocycles. The highest BCUT2D eigenvalue weighted by atomic mass is 35.5. The predicted molar refractivity (Wildman–Crippen MR) is 75.9 cm³/mol. The van der Waals surface area contributed by atoms with E-state index >= 15 is 0 Å². The lowest BCUT2D eigenvalue weighted by atomic mass is 9.96. The number of rotatable bonds is 3. The number of nitrogens with zero attached hydrogens (tertiary/aromatic N) is 1. The van der Waals surface area contributed by atoms with E-state index in [9.17, 15) is 14.3 Å². The van der Waals surface area contributed by atoms with Gasteiger partial charge in [-0.3, -0.25) is 4.79 Å². The molecule has 1 aromatic heterocycles. The van der Waals surface area contributed by atoms with E-state index in [1.165, 1.54) is 6.07 Å². The van der Waals surface area contributed by atoms with Crippen LogP contribution in [0.5, 0.6) is 0 Å². The number of aromatic nitrogens is 1. The van der Waals surface area contributed by atoms with Gasteiger partial charge in [-0.25, -0.2) is 9.37 Å². The van der Waals surface area contributed by atoms with Gasteiger partial charge in [0, 0.05) is 12.0 Å². The molecule has 0 spiro atoms. The Morgan fingerprint density at radius 3 is 2.95 bits per heavy atom. The van der Waals surface area contributed by atoms with Gasteiger partial charge in [-0.1, -0.05) is 24.9 Å². The summed E-state index contributed by atoms with van der Waals surface area (Å²) in [6.45, 7) is 2.05. The number of aliphatic carboxylic acids is 1. The molecule has 1 heterocycles. The third-order valence-electron chi connectivity index (χ3n) is 4.30. The van der Waals surface area contributed by atoms with Crippen molar-refractivity contribution in [3.63, 3.8) is 0 Å². The molecule has 3 unspecified atom stereocenters. The first-order chi connectivity index (χ1) is 9.99. The predicted octanol–water partition coefficient (Wildman–Crippen LogP) is 4.22. The molecule has 21 heavy (non-hydrogen) atoms. The Labute approximate surface area is 125 Å². The summed E-state index contributed by atoms with van der Waals surface area (Å²) < 4.78 is 19.0. The highest BCUT2D eigenvalue weighted by molar-refractivity contribution is 6.34. The summed E-state index contributed by atoms with van der Waals surface area (Å²) in [5.74, 6) is -1.42. The quantitative estimate of drug-likeness (QED) is 0.921. The van der Waals surface area contributed by atoms with Gasteiger partial charge in [-0.2, -0.15) is 0 Å². The Morgan fingerprint density at radius 1 is 1.52 bits per heavy atom. The first-order valence-electron chi connectivity index (χ1n) is 6.97. The molecule has 0 radical (unpaired) electrons.